The Hall–Kier alpha value is -3.05. The molecule has 1 saturated heterocycles. The van der Waals surface area contributed by atoms with Gasteiger partial charge in [-0.25, -0.2) is 0 Å². The number of piperazine rings is 1. The van der Waals surface area contributed by atoms with Crippen LogP contribution in [0.5, 0.6) is 0 Å². The lowest BCUT2D eigenvalue weighted by Gasteiger charge is -2.36. The number of aromatic nitrogens is 1. The summed E-state index contributed by atoms with van der Waals surface area (Å²) in [4.78, 5) is 40.2. The highest BCUT2D eigenvalue weighted by atomic mass is 32.2. The molecule has 0 atom stereocenters. The van der Waals surface area contributed by atoms with E-state index in [1.54, 1.807) is 13.0 Å². The van der Waals surface area contributed by atoms with Crippen LogP contribution in [0.15, 0.2) is 40.9 Å². The molecule has 1 aliphatic heterocycles. The highest BCUT2D eigenvalue weighted by Gasteiger charge is 2.17. The number of hydrogen-bond donors (Lipinski definition) is 3. The number of hydrogen-bond acceptors (Lipinski definition) is 8. The molecular formula is C21H28N6O4S. The topological polar surface area (TPSA) is 120 Å². The summed E-state index contributed by atoms with van der Waals surface area (Å²) in [6.45, 7) is 5.98. The van der Waals surface area contributed by atoms with Crippen molar-refractivity contribution in [3.05, 3.63) is 42.2 Å². The molecule has 0 aliphatic carbocycles. The number of carbonyl (C=O) groups is 3. The number of aryl methyl sites for hydroxylation is 1. The van der Waals surface area contributed by atoms with E-state index in [4.69, 9.17) is 4.52 Å². The first-order valence-electron chi connectivity index (χ1n) is 10.4. The Morgan fingerprint density at radius 1 is 1.00 bits per heavy atom. The summed E-state index contributed by atoms with van der Waals surface area (Å²) < 4.78 is 4.86. The Bertz CT molecular complexity index is 899. The summed E-state index contributed by atoms with van der Waals surface area (Å²) in [5.41, 5.74) is 6.02. The Labute approximate surface area is 191 Å². The zero-order valence-corrected chi connectivity index (χ0v) is 18.8. The van der Waals surface area contributed by atoms with Gasteiger partial charge in [0.15, 0.2) is 5.82 Å². The standard InChI is InChI=1S/C21H28N6O4S/c1-16-13-18(25-31-16)22-20(29)14-32-15-21(30)24-23-19(28)7-8-26-9-11-27(12-10-26)17-5-3-2-4-6-17/h2-6,13H,7-12,14-15H2,1H3,(H,23,28)(H,24,30)(H,22,25,29). The molecule has 0 saturated carbocycles. The second-order valence-corrected chi connectivity index (χ2v) is 8.36. The van der Waals surface area contributed by atoms with Crippen molar-refractivity contribution < 1.29 is 18.9 Å². The summed E-state index contributed by atoms with van der Waals surface area (Å²) >= 11 is 1.13. The van der Waals surface area contributed by atoms with Crippen LogP contribution in [0.1, 0.15) is 12.2 Å². The number of thioether (sulfide) groups is 1. The van der Waals surface area contributed by atoms with Crippen molar-refractivity contribution in [3.8, 4) is 0 Å². The zero-order valence-electron chi connectivity index (χ0n) is 18.0. The van der Waals surface area contributed by atoms with Gasteiger partial charge >= 0.3 is 0 Å². The molecule has 3 amide bonds. The Balaban J connectivity index is 1.23. The summed E-state index contributed by atoms with van der Waals surface area (Å²) in [5, 5.41) is 6.24. The van der Waals surface area contributed by atoms with Crippen LogP contribution in [0, 0.1) is 6.92 Å². The third-order valence-electron chi connectivity index (χ3n) is 4.85. The van der Waals surface area contributed by atoms with Gasteiger partial charge in [0.1, 0.15) is 5.76 Å². The summed E-state index contributed by atoms with van der Waals surface area (Å²) in [6.07, 6.45) is 0.304. The number of benzene rings is 1. The average Bonchev–Trinajstić information content (AvgIpc) is 3.21. The molecule has 3 N–H and O–H groups in total. The maximum absolute atomic E-state index is 12.0. The second-order valence-electron chi connectivity index (χ2n) is 7.37. The van der Waals surface area contributed by atoms with E-state index in [2.05, 4.69) is 43.3 Å². The molecule has 1 aliphatic rings. The van der Waals surface area contributed by atoms with E-state index in [1.807, 2.05) is 18.2 Å². The lowest BCUT2D eigenvalue weighted by Crippen LogP contribution is -2.48. The van der Waals surface area contributed by atoms with E-state index < -0.39 is 0 Å². The first-order chi connectivity index (χ1) is 15.5. The van der Waals surface area contributed by atoms with Gasteiger partial charge in [-0.3, -0.25) is 30.1 Å². The van der Waals surface area contributed by atoms with E-state index in [0.29, 0.717) is 24.5 Å². The first kappa shape index (κ1) is 23.6. The van der Waals surface area contributed by atoms with Gasteiger partial charge in [0.25, 0.3) is 0 Å². The minimum Gasteiger partial charge on any atom is -0.369 e. The molecular weight excluding hydrogens is 432 g/mol. The SMILES string of the molecule is Cc1cc(NC(=O)CSCC(=O)NNC(=O)CCN2CCN(c3ccccc3)CC2)no1. The molecule has 32 heavy (non-hydrogen) atoms. The summed E-state index contributed by atoms with van der Waals surface area (Å²) in [5.74, 6) is 0.170. The molecule has 0 spiro atoms. The molecule has 172 valence electrons. The number of nitrogens with one attached hydrogen (secondary N) is 3. The fraction of sp³-hybridized carbons (Fsp3) is 0.429. The van der Waals surface area contributed by atoms with Gasteiger partial charge in [-0.15, -0.1) is 11.8 Å². The van der Waals surface area contributed by atoms with Gasteiger partial charge in [0.2, 0.25) is 17.7 Å². The molecule has 0 bridgehead atoms. The number of para-hydroxylation sites is 1. The van der Waals surface area contributed by atoms with Gasteiger partial charge in [0.05, 0.1) is 11.5 Å². The van der Waals surface area contributed by atoms with Gasteiger partial charge in [-0.2, -0.15) is 0 Å². The van der Waals surface area contributed by atoms with Crippen molar-refractivity contribution in [2.75, 3.05) is 54.4 Å². The maximum Gasteiger partial charge on any atom is 0.248 e. The quantitative estimate of drug-likeness (QED) is 0.475. The number of anilines is 2. The zero-order chi connectivity index (χ0) is 22.8. The summed E-state index contributed by atoms with van der Waals surface area (Å²) in [7, 11) is 0. The van der Waals surface area contributed by atoms with Crippen molar-refractivity contribution >= 4 is 41.0 Å². The normalized spacial score (nSPS) is 14.1. The van der Waals surface area contributed by atoms with Crippen LogP contribution in [-0.2, 0) is 14.4 Å². The number of hydrazine groups is 1. The molecule has 1 aromatic carbocycles. The first-order valence-corrected chi connectivity index (χ1v) is 11.6. The largest absolute Gasteiger partial charge is 0.369 e. The lowest BCUT2D eigenvalue weighted by molar-refractivity contribution is -0.127. The Morgan fingerprint density at radius 2 is 1.69 bits per heavy atom. The van der Waals surface area contributed by atoms with Crippen LogP contribution in [0.4, 0.5) is 11.5 Å². The molecule has 10 nitrogen and oxygen atoms in total. The molecule has 2 heterocycles. The van der Waals surface area contributed by atoms with Gasteiger partial charge in [-0.05, 0) is 19.1 Å². The van der Waals surface area contributed by atoms with Crippen molar-refractivity contribution in [2.45, 2.75) is 13.3 Å². The number of nitrogens with zero attached hydrogens (tertiary/aromatic N) is 3. The van der Waals surface area contributed by atoms with E-state index >= 15 is 0 Å². The smallest absolute Gasteiger partial charge is 0.248 e. The predicted molar refractivity (Wildman–Crippen MR) is 123 cm³/mol. The minimum absolute atomic E-state index is 0.0486. The Morgan fingerprint density at radius 3 is 2.38 bits per heavy atom. The molecule has 1 aromatic heterocycles. The van der Waals surface area contributed by atoms with Crippen LogP contribution < -0.4 is 21.1 Å². The average molecular weight is 461 g/mol. The van der Waals surface area contributed by atoms with Crippen LogP contribution in [-0.4, -0.2) is 72.0 Å². The van der Waals surface area contributed by atoms with Crippen molar-refractivity contribution in [2.24, 2.45) is 0 Å². The Kier molecular flexibility index (Phi) is 8.93. The fourth-order valence-electron chi connectivity index (χ4n) is 3.21. The molecule has 2 aromatic rings. The number of amides is 3. The van der Waals surface area contributed by atoms with Gasteiger partial charge in [0, 0.05) is 50.9 Å². The molecule has 3 rings (SSSR count). The molecule has 0 unspecified atom stereocenters. The molecule has 11 heteroatoms. The maximum atomic E-state index is 12.0. The van der Waals surface area contributed by atoms with Crippen LogP contribution in [0.3, 0.4) is 0 Å². The number of carbonyl (C=O) groups excluding carboxylic acids is 3. The molecule has 1 fully saturated rings. The van der Waals surface area contributed by atoms with Gasteiger partial charge < -0.3 is 14.7 Å². The van der Waals surface area contributed by atoms with Gasteiger partial charge in [-0.1, -0.05) is 23.4 Å². The highest BCUT2D eigenvalue weighted by Crippen LogP contribution is 2.15. The van der Waals surface area contributed by atoms with Crippen LogP contribution in [0.2, 0.25) is 0 Å². The monoisotopic (exact) mass is 460 g/mol. The highest BCUT2D eigenvalue weighted by molar-refractivity contribution is 8.00. The van der Waals surface area contributed by atoms with E-state index in [-0.39, 0.29) is 29.2 Å². The fourth-order valence-corrected chi connectivity index (χ4v) is 3.82. The predicted octanol–water partition coefficient (Wildman–Crippen LogP) is 1.01. The molecule has 0 radical (unpaired) electrons. The lowest BCUT2D eigenvalue weighted by atomic mass is 10.2. The van der Waals surface area contributed by atoms with Crippen LogP contribution in [0.25, 0.3) is 0 Å². The van der Waals surface area contributed by atoms with E-state index in [1.165, 1.54) is 5.69 Å². The van der Waals surface area contributed by atoms with Crippen molar-refractivity contribution in [3.63, 3.8) is 0 Å². The van der Waals surface area contributed by atoms with Crippen LogP contribution >= 0.6 is 11.8 Å². The van der Waals surface area contributed by atoms with Crippen molar-refractivity contribution in [1.29, 1.82) is 0 Å². The third kappa shape index (κ3) is 7.89. The third-order valence-corrected chi connectivity index (χ3v) is 5.78. The van der Waals surface area contributed by atoms with E-state index in [9.17, 15) is 14.4 Å². The number of rotatable bonds is 9. The summed E-state index contributed by atoms with van der Waals surface area (Å²) in [6, 6.07) is 11.9. The second kappa shape index (κ2) is 12.1. The van der Waals surface area contributed by atoms with E-state index in [0.717, 1.165) is 37.9 Å². The van der Waals surface area contributed by atoms with Crippen molar-refractivity contribution in [1.82, 2.24) is 20.9 Å². The minimum atomic E-state index is -0.370.